The molecule has 1 aliphatic heterocycles. The average Bonchev–Trinajstić information content (AvgIpc) is 2.34. The van der Waals surface area contributed by atoms with Crippen molar-refractivity contribution < 1.29 is 9.59 Å². The van der Waals surface area contributed by atoms with Crippen molar-refractivity contribution in [3.63, 3.8) is 0 Å². The molecule has 0 atom stereocenters. The molecule has 1 aliphatic rings. The Morgan fingerprint density at radius 2 is 2.06 bits per heavy atom. The first-order valence-corrected chi connectivity index (χ1v) is 6.06. The van der Waals surface area contributed by atoms with Gasteiger partial charge in [-0.1, -0.05) is 13.0 Å². The molecule has 0 bridgehead atoms. The van der Waals surface area contributed by atoms with Crippen molar-refractivity contribution in [2.24, 2.45) is 5.92 Å². The number of hydrogen-bond donors (Lipinski definition) is 1. The number of amides is 2. The van der Waals surface area contributed by atoms with Crippen LogP contribution >= 0.6 is 0 Å². The minimum atomic E-state index is -0.0929. The maximum Gasteiger partial charge on any atom is 0.229 e. The quantitative estimate of drug-likeness (QED) is 0.820. The molecule has 0 unspecified atom stereocenters. The first-order valence-electron chi connectivity index (χ1n) is 6.06. The summed E-state index contributed by atoms with van der Waals surface area (Å²) in [5.41, 5.74) is 0.858. The van der Waals surface area contributed by atoms with E-state index in [9.17, 15) is 9.59 Å². The second-order valence-corrected chi connectivity index (χ2v) is 4.65. The predicted molar refractivity (Wildman–Crippen MR) is 67.7 cm³/mol. The Hall–Kier alpha value is -1.91. The van der Waals surface area contributed by atoms with Crippen LogP contribution < -0.4 is 5.32 Å². The molecule has 1 fully saturated rings. The van der Waals surface area contributed by atoms with Crippen LogP contribution in [0.2, 0.25) is 0 Å². The molecule has 1 aromatic rings. The van der Waals surface area contributed by atoms with Crippen LogP contribution in [0.3, 0.4) is 0 Å². The summed E-state index contributed by atoms with van der Waals surface area (Å²) in [5.74, 6) is 0.671. The Balaban J connectivity index is 2.18. The molecule has 1 aromatic heterocycles. The van der Waals surface area contributed by atoms with Gasteiger partial charge in [0.1, 0.15) is 5.82 Å². The summed E-state index contributed by atoms with van der Waals surface area (Å²) in [4.78, 5) is 29.3. The van der Waals surface area contributed by atoms with Gasteiger partial charge in [-0.05, 0) is 12.0 Å². The molecular formula is C13H17N3O2. The number of carbonyl (C=O) groups excluding carboxylic acids is 2. The summed E-state index contributed by atoms with van der Waals surface area (Å²) in [6.45, 7) is 2.23. The molecule has 0 aliphatic carbocycles. The van der Waals surface area contributed by atoms with E-state index in [2.05, 4.69) is 10.3 Å². The second-order valence-electron chi connectivity index (χ2n) is 4.65. The van der Waals surface area contributed by atoms with Gasteiger partial charge in [-0.25, -0.2) is 4.98 Å². The van der Waals surface area contributed by atoms with Crippen LogP contribution in [0.25, 0.3) is 0 Å². The number of rotatable bonds is 3. The minimum Gasteiger partial charge on any atom is -0.373 e. The monoisotopic (exact) mass is 247 g/mol. The standard InChI is InChI=1S/C13H17N3O2/c1-9-6-11(17)16(12(18)7-9)8-10-4-3-5-15-13(10)14-2/h3-5,9H,6-8H2,1-2H3,(H,14,15). The van der Waals surface area contributed by atoms with Gasteiger partial charge in [-0.2, -0.15) is 0 Å². The fraction of sp³-hybridized carbons (Fsp3) is 0.462. The molecule has 1 N–H and O–H groups in total. The Bertz CT molecular complexity index is 455. The van der Waals surface area contributed by atoms with Gasteiger partial charge in [0.2, 0.25) is 11.8 Å². The zero-order valence-corrected chi connectivity index (χ0v) is 10.6. The van der Waals surface area contributed by atoms with E-state index in [1.807, 2.05) is 13.0 Å². The van der Waals surface area contributed by atoms with Gasteiger partial charge >= 0.3 is 0 Å². The zero-order valence-electron chi connectivity index (χ0n) is 10.6. The number of likely N-dealkylation sites (tertiary alicyclic amines) is 1. The van der Waals surface area contributed by atoms with Gasteiger partial charge in [-0.15, -0.1) is 0 Å². The second kappa shape index (κ2) is 5.16. The Morgan fingerprint density at radius 1 is 1.39 bits per heavy atom. The summed E-state index contributed by atoms with van der Waals surface area (Å²) in [5, 5.41) is 2.96. The summed E-state index contributed by atoms with van der Waals surface area (Å²) >= 11 is 0. The summed E-state index contributed by atoms with van der Waals surface area (Å²) in [7, 11) is 1.77. The number of pyridine rings is 1. The zero-order chi connectivity index (χ0) is 13.1. The van der Waals surface area contributed by atoms with Gasteiger partial charge in [0.15, 0.2) is 0 Å². The number of nitrogens with one attached hydrogen (secondary N) is 1. The summed E-state index contributed by atoms with van der Waals surface area (Å²) < 4.78 is 0. The molecule has 0 spiro atoms. The molecule has 1 saturated heterocycles. The lowest BCUT2D eigenvalue weighted by atomic mass is 9.97. The van der Waals surface area contributed by atoms with E-state index in [0.717, 1.165) is 5.56 Å². The molecule has 5 nitrogen and oxygen atoms in total. The fourth-order valence-corrected chi connectivity index (χ4v) is 2.17. The van der Waals surface area contributed by atoms with E-state index in [0.29, 0.717) is 25.2 Å². The summed E-state index contributed by atoms with van der Waals surface area (Å²) in [6, 6.07) is 3.68. The minimum absolute atomic E-state index is 0.0929. The first-order chi connectivity index (χ1) is 8.61. The average molecular weight is 247 g/mol. The highest BCUT2D eigenvalue weighted by molar-refractivity contribution is 5.97. The molecule has 0 saturated carbocycles. The smallest absolute Gasteiger partial charge is 0.229 e. The maximum absolute atomic E-state index is 11.9. The maximum atomic E-state index is 11.9. The molecule has 96 valence electrons. The molecule has 2 rings (SSSR count). The lowest BCUT2D eigenvalue weighted by Gasteiger charge is -2.28. The molecule has 2 heterocycles. The first kappa shape index (κ1) is 12.5. The van der Waals surface area contributed by atoms with E-state index >= 15 is 0 Å². The van der Waals surface area contributed by atoms with Crippen molar-refractivity contribution in [1.29, 1.82) is 0 Å². The summed E-state index contributed by atoms with van der Waals surface area (Å²) in [6.07, 6.45) is 2.57. The third-order valence-corrected chi connectivity index (χ3v) is 3.10. The predicted octanol–water partition coefficient (Wildman–Crippen LogP) is 1.41. The molecule has 0 aromatic carbocycles. The highest BCUT2D eigenvalue weighted by atomic mass is 16.2. The highest BCUT2D eigenvalue weighted by Gasteiger charge is 2.30. The van der Waals surface area contributed by atoms with Crippen molar-refractivity contribution in [2.45, 2.75) is 26.3 Å². The molecule has 2 amide bonds. The lowest BCUT2D eigenvalue weighted by Crippen LogP contribution is -2.42. The van der Waals surface area contributed by atoms with Crippen molar-refractivity contribution >= 4 is 17.6 Å². The van der Waals surface area contributed by atoms with Crippen LogP contribution in [-0.4, -0.2) is 28.7 Å². The van der Waals surface area contributed by atoms with E-state index in [4.69, 9.17) is 0 Å². The van der Waals surface area contributed by atoms with Crippen molar-refractivity contribution in [1.82, 2.24) is 9.88 Å². The van der Waals surface area contributed by atoms with E-state index < -0.39 is 0 Å². The van der Waals surface area contributed by atoms with Gasteiger partial charge < -0.3 is 5.32 Å². The van der Waals surface area contributed by atoms with Crippen LogP contribution in [0.5, 0.6) is 0 Å². The number of nitrogens with zero attached hydrogens (tertiary/aromatic N) is 2. The molecular weight excluding hydrogens is 230 g/mol. The van der Waals surface area contributed by atoms with Crippen molar-refractivity contribution in [2.75, 3.05) is 12.4 Å². The van der Waals surface area contributed by atoms with Crippen LogP contribution in [0.4, 0.5) is 5.82 Å². The molecule has 5 heteroatoms. The normalized spacial score (nSPS) is 17.1. The largest absolute Gasteiger partial charge is 0.373 e. The topological polar surface area (TPSA) is 62.3 Å². The van der Waals surface area contributed by atoms with Gasteiger partial charge in [0, 0.05) is 31.6 Å². The number of hydrogen-bond acceptors (Lipinski definition) is 4. The van der Waals surface area contributed by atoms with Crippen LogP contribution in [0.15, 0.2) is 18.3 Å². The third kappa shape index (κ3) is 2.50. The van der Waals surface area contributed by atoms with Crippen molar-refractivity contribution in [3.8, 4) is 0 Å². The number of imide groups is 1. The van der Waals surface area contributed by atoms with E-state index in [1.165, 1.54) is 4.90 Å². The van der Waals surface area contributed by atoms with Crippen LogP contribution in [-0.2, 0) is 16.1 Å². The van der Waals surface area contributed by atoms with Crippen LogP contribution in [0.1, 0.15) is 25.3 Å². The number of anilines is 1. The van der Waals surface area contributed by atoms with Gasteiger partial charge in [0.25, 0.3) is 0 Å². The van der Waals surface area contributed by atoms with E-state index in [1.54, 1.807) is 19.3 Å². The number of aromatic nitrogens is 1. The number of carbonyl (C=O) groups is 2. The molecule has 18 heavy (non-hydrogen) atoms. The Kier molecular flexibility index (Phi) is 3.60. The Labute approximate surface area is 106 Å². The lowest BCUT2D eigenvalue weighted by molar-refractivity contribution is -0.150. The van der Waals surface area contributed by atoms with E-state index in [-0.39, 0.29) is 17.7 Å². The Morgan fingerprint density at radius 3 is 2.67 bits per heavy atom. The van der Waals surface area contributed by atoms with Crippen molar-refractivity contribution in [3.05, 3.63) is 23.9 Å². The molecule has 0 radical (unpaired) electrons. The number of piperidine rings is 1. The SMILES string of the molecule is CNc1ncccc1CN1C(=O)CC(C)CC1=O. The third-order valence-electron chi connectivity index (χ3n) is 3.10. The van der Waals surface area contributed by atoms with Gasteiger partial charge in [-0.3, -0.25) is 14.5 Å². The fourth-order valence-electron chi connectivity index (χ4n) is 2.17. The van der Waals surface area contributed by atoms with Gasteiger partial charge in [0.05, 0.1) is 6.54 Å². The van der Waals surface area contributed by atoms with Crippen LogP contribution in [0, 0.1) is 5.92 Å². The highest BCUT2D eigenvalue weighted by Crippen LogP contribution is 2.22.